The zero-order chi connectivity index (χ0) is 17.9. The first-order chi connectivity index (χ1) is 12.0. The molecule has 1 aliphatic heterocycles. The SMILES string of the molecule is CC(=O)N[C@@H]1CCCC[C@@]12CN(Cc1ccc(C#N)cc1Br)CCO2. The van der Waals surface area contributed by atoms with Crippen LogP contribution in [0.4, 0.5) is 0 Å². The summed E-state index contributed by atoms with van der Waals surface area (Å²) in [5.74, 6) is 0.0156. The summed E-state index contributed by atoms with van der Waals surface area (Å²) >= 11 is 3.58. The summed E-state index contributed by atoms with van der Waals surface area (Å²) in [4.78, 5) is 14.0. The Morgan fingerprint density at radius 1 is 1.52 bits per heavy atom. The monoisotopic (exact) mass is 405 g/mol. The summed E-state index contributed by atoms with van der Waals surface area (Å²) in [5.41, 5.74) is 1.55. The van der Waals surface area contributed by atoms with E-state index in [0.29, 0.717) is 12.2 Å². The number of nitrogens with one attached hydrogen (secondary N) is 1. The second-order valence-electron chi connectivity index (χ2n) is 7.04. The lowest BCUT2D eigenvalue weighted by Gasteiger charge is -2.49. The van der Waals surface area contributed by atoms with Crippen LogP contribution < -0.4 is 5.32 Å². The van der Waals surface area contributed by atoms with Crippen LogP contribution in [0.25, 0.3) is 0 Å². The number of carbonyl (C=O) groups is 1. The molecular weight excluding hydrogens is 382 g/mol. The molecule has 1 aromatic carbocycles. The molecule has 6 heteroatoms. The van der Waals surface area contributed by atoms with Gasteiger partial charge in [0, 0.05) is 31.0 Å². The number of rotatable bonds is 3. The van der Waals surface area contributed by atoms with Gasteiger partial charge in [-0.3, -0.25) is 9.69 Å². The number of benzene rings is 1. The lowest BCUT2D eigenvalue weighted by molar-refractivity contribution is -0.150. The van der Waals surface area contributed by atoms with Crippen LogP contribution in [0.1, 0.15) is 43.7 Å². The number of morpholine rings is 1. The molecule has 134 valence electrons. The van der Waals surface area contributed by atoms with E-state index in [1.165, 1.54) is 5.56 Å². The number of amides is 1. The summed E-state index contributed by atoms with van der Waals surface area (Å²) in [6.45, 7) is 4.77. The number of halogens is 1. The van der Waals surface area contributed by atoms with Crippen molar-refractivity contribution >= 4 is 21.8 Å². The van der Waals surface area contributed by atoms with Gasteiger partial charge in [-0.15, -0.1) is 0 Å². The molecule has 25 heavy (non-hydrogen) atoms. The Kier molecular flexibility index (Phi) is 5.78. The molecule has 5 nitrogen and oxygen atoms in total. The van der Waals surface area contributed by atoms with Crippen molar-refractivity contribution in [3.63, 3.8) is 0 Å². The number of nitriles is 1. The number of hydrogen-bond donors (Lipinski definition) is 1. The van der Waals surface area contributed by atoms with Crippen LogP contribution in [0.15, 0.2) is 22.7 Å². The predicted molar refractivity (Wildman–Crippen MR) is 98.9 cm³/mol. The van der Waals surface area contributed by atoms with E-state index in [2.05, 4.69) is 32.2 Å². The molecule has 1 heterocycles. The largest absolute Gasteiger partial charge is 0.370 e. The van der Waals surface area contributed by atoms with E-state index in [0.717, 1.165) is 49.8 Å². The minimum atomic E-state index is -0.277. The van der Waals surface area contributed by atoms with E-state index < -0.39 is 0 Å². The van der Waals surface area contributed by atoms with E-state index in [1.807, 2.05) is 18.2 Å². The highest BCUT2D eigenvalue weighted by Crippen LogP contribution is 2.35. The highest BCUT2D eigenvalue weighted by atomic mass is 79.9. The van der Waals surface area contributed by atoms with Crippen LogP contribution in [-0.2, 0) is 16.1 Å². The molecule has 1 aromatic rings. The molecule has 1 saturated carbocycles. The van der Waals surface area contributed by atoms with Crippen molar-refractivity contribution in [1.29, 1.82) is 5.26 Å². The maximum absolute atomic E-state index is 11.6. The van der Waals surface area contributed by atoms with Gasteiger partial charge in [0.25, 0.3) is 0 Å². The van der Waals surface area contributed by atoms with Gasteiger partial charge in [0.15, 0.2) is 0 Å². The molecular formula is C19H24BrN3O2. The third-order valence-corrected chi connectivity index (χ3v) is 5.96. The van der Waals surface area contributed by atoms with Crippen molar-refractivity contribution in [2.75, 3.05) is 19.7 Å². The Morgan fingerprint density at radius 2 is 2.36 bits per heavy atom. The summed E-state index contributed by atoms with van der Waals surface area (Å²) in [6.07, 6.45) is 4.25. The second kappa shape index (κ2) is 7.86. The minimum absolute atomic E-state index is 0.0156. The molecule has 1 N–H and O–H groups in total. The molecule has 1 saturated heterocycles. The third-order valence-electron chi connectivity index (χ3n) is 5.22. The van der Waals surface area contributed by atoms with Crippen molar-refractivity contribution in [2.24, 2.45) is 0 Å². The molecule has 2 atom stereocenters. The van der Waals surface area contributed by atoms with Gasteiger partial charge in [0.2, 0.25) is 5.91 Å². The number of ether oxygens (including phenoxy) is 1. The fourth-order valence-corrected chi connectivity index (χ4v) is 4.53. The van der Waals surface area contributed by atoms with Crippen molar-refractivity contribution < 1.29 is 9.53 Å². The standard InChI is InChI=1S/C19H24BrN3O2/c1-14(24)22-18-4-2-3-7-19(18)13-23(8-9-25-19)12-16-6-5-15(11-21)10-17(16)20/h5-6,10,18H,2-4,7-9,12-13H2,1H3,(H,22,24)/t18-,19-/m1/s1. The van der Waals surface area contributed by atoms with Gasteiger partial charge in [-0.25, -0.2) is 0 Å². The normalized spacial score (nSPS) is 27.0. The second-order valence-corrected chi connectivity index (χ2v) is 7.90. The zero-order valence-electron chi connectivity index (χ0n) is 14.6. The number of hydrogen-bond acceptors (Lipinski definition) is 4. The molecule has 0 radical (unpaired) electrons. The maximum Gasteiger partial charge on any atom is 0.217 e. The van der Waals surface area contributed by atoms with Crippen LogP contribution in [0.5, 0.6) is 0 Å². The molecule has 0 bridgehead atoms. The zero-order valence-corrected chi connectivity index (χ0v) is 16.1. The van der Waals surface area contributed by atoms with Gasteiger partial charge in [0.1, 0.15) is 5.60 Å². The Labute approximate surface area is 157 Å². The van der Waals surface area contributed by atoms with E-state index in [9.17, 15) is 4.79 Å². The Balaban J connectivity index is 1.74. The number of carbonyl (C=O) groups excluding carboxylic acids is 1. The summed E-state index contributed by atoms with van der Waals surface area (Å²) < 4.78 is 7.21. The van der Waals surface area contributed by atoms with Crippen molar-refractivity contribution in [1.82, 2.24) is 10.2 Å². The van der Waals surface area contributed by atoms with Crippen LogP contribution in [0.2, 0.25) is 0 Å². The maximum atomic E-state index is 11.6. The quantitative estimate of drug-likeness (QED) is 0.839. The highest BCUT2D eigenvalue weighted by Gasteiger charge is 2.45. The molecule has 1 aliphatic carbocycles. The van der Waals surface area contributed by atoms with Crippen molar-refractivity contribution in [3.05, 3.63) is 33.8 Å². The molecule has 1 spiro atoms. The topological polar surface area (TPSA) is 65.4 Å². The first-order valence-corrected chi connectivity index (χ1v) is 9.64. The van der Waals surface area contributed by atoms with Gasteiger partial charge in [-0.05, 0) is 30.5 Å². The first kappa shape index (κ1) is 18.4. The average molecular weight is 406 g/mol. The van der Waals surface area contributed by atoms with E-state index >= 15 is 0 Å². The average Bonchev–Trinajstić information content (AvgIpc) is 2.59. The van der Waals surface area contributed by atoms with E-state index in [1.54, 1.807) is 6.92 Å². The number of nitrogens with zero attached hydrogens (tertiary/aromatic N) is 2. The summed E-state index contributed by atoms with van der Waals surface area (Å²) in [5, 5.41) is 12.1. The Bertz CT molecular complexity index is 684. The van der Waals surface area contributed by atoms with Gasteiger partial charge in [-0.1, -0.05) is 34.8 Å². The first-order valence-electron chi connectivity index (χ1n) is 8.84. The fourth-order valence-electron chi connectivity index (χ4n) is 4.02. The molecule has 3 rings (SSSR count). The molecule has 2 aliphatic rings. The Morgan fingerprint density at radius 3 is 3.08 bits per heavy atom. The van der Waals surface area contributed by atoms with Crippen LogP contribution >= 0.6 is 15.9 Å². The minimum Gasteiger partial charge on any atom is -0.370 e. The Hall–Kier alpha value is -1.42. The van der Waals surface area contributed by atoms with E-state index in [4.69, 9.17) is 10.00 Å². The molecule has 2 fully saturated rings. The van der Waals surface area contributed by atoms with Gasteiger partial charge < -0.3 is 10.1 Å². The molecule has 1 amide bonds. The molecule has 0 aromatic heterocycles. The van der Waals surface area contributed by atoms with E-state index in [-0.39, 0.29) is 17.6 Å². The lowest BCUT2D eigenvalue weighted by Crippen LogP contribution is -2.63. The van der Waals surface area contributed by atoms with Crippen LogP contribution in [-0.4, -0.2) is 42.1 Å². The summed E-state index contributed by atoms with van der Waals surface area (Å²) in [6, 6.07) is 7.99. The van der Waals surface area contributed by atoms with Gasteiger partial charge >= 0.3 is 0 Å². The van der Waals surface area contributed by atoms with Gasteiger partial charge in [-0.2, -0.15) is 5.26 Å². The predicted octanol–water partition coefficient (Wildman–Crippen LogP) is 2.97. The lowest BCUT2D eigenvalue weighted by atomic mass is 9.78. The van der Waals surface area contributed by atoms with Crippen LogP contribution in [0, 0.1) is 11.3 Å². The van der Waals surface area contributed by atoms with Gasteiger partial charge in [0.05, 0.1) is 24.3 Å². The van der Waals surface area contributed by atoms with Crippen molar-refractivity contribution in [2.45, 2.75) is 50.8 Å². The fraction of sp³-hybridized carbons (Fsp3) is 0.579. The molecule has 0 unspecified atom stereocenters. The highest BCUT2D eigenvalue weighted by molar-refractivity contribution is 9.10. The summed E-state index contributed by atoms with van der Waals surface area (Å²) in [7, 11) is 0. The third kappa shape index (κ3) is 4.22. The van der Waals surface area contributed by atoms with Crippen LogP contribution in [0.3, 0.4) is 0 Å². The smallest absolute Gasteiger partial charge is 0.217 e. The van der Waals surface area contributed by atoms with Crippen molar-refractivity contribution in [3.8, 4) is 6.07 Å².